The normalized spacial score (nSPS) is 12.4. The summed E-state index contributed by atoms with van der Waals surface area (Å²) in [6, 6.07) is 7.78. The molecule has 96 valence electrons. The number of hydrogen-bond donors (Lipinski definition) is 1. The van der Waals surface area contributed by atoms with Gasteiger partial charge in [0.05, 0.1) is 0 Å². The Morgan fingerprint density at radius 2 is 2.22 bits per heavy atom. The van der Waals surface area contributed by atoms with Gasteiger partial charge in [0.1, 0.15) is 11.9 Å². The first-order chi connectivity index (χ1) is 8.74. The minimum absolute atomic E-state index is 0.0952. The summed E-state index contributed by atoms with van der Waals surface area (Å²) in [5.74, 6) is 0.818. The zero-order chi connectivity index (χ0) is 13.0. The molecule has 4 heteroatoms. The molecule has 2 N–H and O–H groups in total. The smallest absolute Gasteiger partial charge is 0.137 e. The fourth-order valence-electron chi connectivity index (χ4n) is 1.77. The van der Waals surface area contributed by atoms with Crippen LogP contribution in [0.25, 0.3) is 0 Å². The first-order valence-corrected chi connectivity index (χ1v) is 7.24. The lowest BCUT2D eigenvalue weighted by Crippen LogP contribution is -2.17. The molecule has 0 fully saturated rings. The Bertz CT molecular complexity index is 499. The number of aryl methyl sites for hydroxylation is 1. The largest absolute Gasteiger partial charge is 0.484 e. The van der Waals surface area contributed by atoms with E-state index in [0.29, 0.717) is 6.54 Å². The Balaban J connectivity index is 2.17. The van der Waals surface area contributed by atoms with Crippen LogP contribution in [-0.2, 0) is 6.42 Å². The van der Waals surface area contributed by atoms with E-state index < -0.39 is 0 Å². The molecule has 0 spiro atoms. The Labute approximate surface area is 116 Å². The van der Waals surface area contributed by atoms with Gasteiger partial charge in [-0.2, -0.15) is 11.3 Å². The van der Waals surface area contributed by atoms with Gasteiger partial charge in [-0.3, -0.25) is 0 Å². The van der Waals surface area contributed by atoms with Crippen molar-refractivity contribution in [2.24, 2.45) is 5.73 Å². The van der Waals surface area contributed by atoms with E-state index in [4.69, 9.17) is 22.1 Å². The summed E-state index contributed by atoms with van der Waals surface area (Å²) in [5, 5.41) is 4.87. The maximum atomic E-state index is 6.09. The Morgan fingerprint density at radius 3 is 2.83 bits per heavy atom. The molecule has 0 saturated heterocycles. The predicted molar refractivity (Wildman–Crippen MR) is 77.6 cm³/mol. The molecule has 0 aliphatic heterocycles. The van der Waals surface area contributed by atoms with E-state index in [1.54, 1.807) is 11.3 Å². The van der Waals surface area contributed by atoms with Crippen LogP contribution in [0.5, 0.6) is 5.75 Å². The van der Waals surface area contributed by atoms with Gasteiger partial charge >= 0.3 is 0 Å². The van der Waals surface area contributed by atoms with Gasteiger partial charge in [-0.05, 0) is 47.0 Å². The minimum atomic E-state index is -0.0952. The molecular weight excluding hydrogens is 266 g/mol. The van der Waals surface area contributed by atoms with E-state index in [2.05, 4.69) is 12.3 Å². The predicted octanol–water partition coefficient (Wildman–Crippen LogP) is 4.04. The zero-order valence-electron chi connectivity index (χ0n) is 10.2. The minimum Gasteiger partial charge on any atom is -0.484 e. The first kappa shape index (κ1) is 13.4. The summed E-state index contributed by atoms with van der Waals surface area (Å²) in [5.41, 5.74) is 7.98. The van der Waals surface area contributed by atoms with Crippen molar-refractivity contribution >= 4 is 22.9 Å². The van der Waals surface area contributed by atoms with Crippen LogP contribution in [0, 0.1) is 0 Å². The molecule has 0 saturated carbocycles. The monoisotopic (exact) mass is 281 g/mol. The molecule has 18 heavy (non-hydrogen) atoms. The zero-order valence-corrected chi connectivity index (χ0v) is 11.8. The highest BCUT2D eigenvalue weighted by Gasteiger charge is 2.12. The summed E-state index contributed by atoms with van der Waals surface area (Å²) >= 11 is 7.74. The molecule has 1 aromatic heterocycles. The van der Waals surface area contributed by atoms with Crippen molar-refractivity contribution in [2.45, 2.75) is 19.4 Å². The summed E-state index contributed by atoms with van der Waals surface area (Å²) in [6.45, 7) is 2.53. The SMILES string of the molecule is CCc1cc(OC(CN)c2ccsc2)ccc1Cl. The molecule has 1 heterocycles. The highest BCUT2D eigenvalue weighted by Crippen LogP contribution is 2.27. The van der Waals surface area contributed by atoms with E-state index in [1.165, 1.54) is 0 Å². The molecule has 2 aromatic rings. The molecular formula is C14H16ClNOS. The van der Waals surface area contributed by atoms with Crippen LogP contribution in [0.4, 0.5) is 0 Å². The third-order valence-electron chi connectivity index (χ3n) is 2.81. The lowest BCUT2D eigenvalue weighted by molar-refractivity contribution is 0.214. The molecule has 0 aliphatic carbocycles. The van der Waals surface area contributed by atoms with Crippen molar-refractivity contribution < 1.29 is 4.74 Å². The van der Waals surface area contributed by atoms with Gasteiger partial charge in [0.2, 0.25) is 0 Å². The van der Waals surface area contributed by atoms with E-state index >= 15 is 0 Å². The molecule has 2 rings (SSSR count). The Morgan fingerprint density at radius 1 is 1.39 bits per heavy atom. The molecule has 1 atom stereocenters. The summed E-state index contributed by atoms with van der Waals surface area (Å²) < 4.78 is 5.93. The topological polar surface area (TPSA) is 35.2 Å². The van der Waals surface area contributed by atoms with Crippen molar-refractivity contribution in [2.75, 3.05) is 6.54 Å². The first-order valence-electron chi connectivity index (χ1n) is 5.91. The number of benzene rings is 1. The molecule has 0 radical (unpaired) electrons. The van der Waals surface area contributed by atoms with Gasteiger partial charge < -0.3 is 10.5 Å². The second-order valence-electron chi connectivity index (χ2n) is 4.01. The van der Waals surface area contributed by atoms with Crippen LogP contribution in [0.1, 0.15) is 24.2 Å². The van der Waals surface area contributed by atoms with Gasteiger partial charge in [-0.15, -0.1) is 0 Å². The molecule has 0 bridgehead atoms. The van der Waals surface area contributed by atoms with Crippen LogP contribution >= 0.6 is 22.9 Å². The van der Waals surface area contributed by atoms with Gasteiger partial charge in [0, 0.05) is 17.1 Å². The van der Waals surface area contributed by atoms with Crippen molar-refractivity contribution in [3.63, 3.8) is 0 Å². The quantitative estimate of drug-likeness (QED) is 0.898. The van der Waals surface area contributed by atoms with E-state index in [9.17, 15) is 0 Å². The van der Waals surface area contributed by atoms with Crippen LogP contribution in [0.2, 0.25) is 5.02 Å². The maximum absolute atomic E-state index is 6.09. The Kier molecular flexibility index (Phi) is 4.64. The average molecular weight is 282 g/mol. The van der Waals surface area contributed by atoms with Gasteiger partial charge in [0.15, 0.2) is 0 Å². The maximum Gasteiger partial charge on any atom is 0.137 e. The van der Waals surface area contributed by atoms with Crippen molar-refractivity contribution in [3.05, 3.63) is 51.2 Å². The van der Waals surface area contributed by atoms with Crippen LogP contribution in [0.15, 0.2) is 35.0 Å². The highest BCUT2D eigenvalue weighted by molar-refractivity contribution is 7.07. The number of ether oxygens (including phenoxy) is 1. The van der Waals surface area contributed by atoms with Crippen molar-refractivity contribution in [3.8, 4) is 5.75 Å². The summed E-state index contributed by atoms with van der Waals surface area (Å²) in [4.78, 5) is 0. The van der Waals surface area contributed by atoms with Gasteiger partial charge in [0.25, 0.3) is 0 Å². The third-order valence-corrected chi connectivity index (χ3v) is 3.88. The summed E-state index contributed by atoms with van der Waals surface area (Å²) in [7, 11) is 0. The van der Waals surface area contributed by atoms with Crippen LogP contribution in [0.3, 0.4) is 0 Å². The molecule has 1 unspecified atom stereocenters. The number of nitrogens with two attached hydrogens (primary N) is 1. The molecule has 2 nitrogen and oxygen atoms in total. The molecule has 1 aromatic carbocycles. The highest BCUT2D eigenvalue weighted by atomic mass is 35.5. The number of rotatable bonds is 5. The van der Waals surface area contributed by atoms with Crippen LogP contribution in [-0.4, -0.2) is 6.54 Å². The lowest BCUT2D eigenvalue weighted by atomic mass is 10.1. The number of thiophene rings is 1. The van der Waals surface area contributed by atoms with Gasteiger partial charge in [-0.25, -0.2) is 0 Å². The fraction of sp³-hybridized carbons (Fsp3) is 0.286. The standard InChI is InChI=1S/C14H16ClNOS/c1-2-10-7-12(3-4-13(10)15)17-14(8-16)11-5-6-18-9-11/h3-7,9,14H,2,8,16H2,1H3. The lowest BCUT2D eigenvalue weighted by Gasteiger charge is -2.17. The van der Waals surface area contributed by atoms with Crippen LogP contribution < -0.4 is 10.5 Å². The Hall–Kier alpha value is -1.03. The average Bonchev–Trinajstić information content (AvgIpc) is 2.91. The fourth-order valence-corrected chi connectivity index (χ4v) is 2.72. The molecule has 0 aliphatic rings. The van der Waals surface area contributed by atoms with Gasteiger partial charge in [-0.1, -0.05) is 18.5 Å². The summed E-state index contributed by atoms with van der Waals surface area (Å²) in [6.07, 6.45) is 0.795. The van der Waals surface area contributed by atoms with Crippen molar-refractivity contribution in [1.29, 1.82) is 0 Å². The van der Waals surface area contributed by atoms with E-state index in [0.717, 1.165) is 28.3 Å². The number of hydrogen-bond acceptors (Lipinski definition) is 3. The molecule has 0 amide bonds. The van der Waals surface area contributed by atoms with E-state index in [-0.39, 0.29) is 6.10 Å². The number of halogens is 1. The third kappa shape index (κ3) is 3.05. The second-order valence-corrected chi connectivity index (χ2v) is 5.19. The van der Waals surface area contributed by atoms with E-state index in [1.807, 2.05) is 29.6 Å². The van der Waals surface area contributed by atoms with Crippen molar-refractivity contribution in [1.82, 2.24) is 0 Å². The second kappa shape index (κ2) is 6.23.